The largest absolute Gasteiger partial charge is 0.465 e. The number of fused-ring (bicyclic) bond motifs is 1. The van der Waals surface area contributed by atoms with Gasteiger partial charge in [0.25, 0.3) is 0 Å². The fraction of sp³-hybridized carbons (Fsp3) is 0.727. The molecule has 0 unspecified atom stereocenters. The smallest absolute Gasteiger partial charge is 0.309 e. The van der Waals surface area contributed by atoms with E-state index in [1.807, 2.05) is 0 Å². The molecule has 0 bridgehead atoms. The molecule has 0 aromatic heterocycles. The third-order valence-corrected chi connectivity index (χ3v) is 3.20. The highest BCUT2D eigenvalue weighted by Gasteiger charge is 2.38. The van der Waals surface area contributed by atoms with Gasteiger partial charge in [-0.1, -0.05) is 26.0 Å². The zero-order valence-electron chi connectivity index (χ0n) is 8.19. The summed E-state index contributed by atoms with van der Waals surface area (Å²) >= 11 is 0. The zero-order valence-corrected chi connectivity index (χ0v) is 8.19. The van der Waals surface area contributed by atoms with Crippen LogP contribution in [-0.4, -0.2) is 12.6 Å². The number of cyclic esters (lactones) is 1. The van der Waals surface area contributed by atoms with Crippen molar-refractivity contribution in [2.24, 2.45) is 23.7 Å². The number of carbonyl (C=O) groups excluding carboxylic acids is 1. The lowest BCUT2D eigenvalue weighted by molar-refractivity contribution is -0.160. The fourth-order valence-electron chi connectivity index (χ4n) is 2.36. The van der Waals surface area contributed by atoms with Crippen LogP contribution in [0.5, 0.6) is 0 Å². The molecule has 0 amide bonds. The van der Waals surface area contributed by atoms with Crippen molar-refractivity contribution in [2.75, 3.05) is 6.61 Å². The van der Waals surface area contributed by atoms with Crippen LogP contribution in [-0.2, 0) is 9.53 Å². The van der Waals surface area contributed by atoms with Crippen molar-refractivity contribution < 1.29 is 9.53 Å². The molecule has 1 aliphatic carbocycles. The Kier molecular flexibility index (Phi) is 2.14. The quantitative estimate of drug-likeness (QED) is 0.421. The Bertz CT molecular complexity index is 244. The van der Waals surface area contributed by atoms with Crippen molar-refractivity contribution >= 4 is 5.97 Å². The van der Waals surface area contributed by atoms with Crippen LogP contribution in [0, 0.1) is 23.7 Å². The van der Waals surface area contributed by atoms with Gasteiger partial charge in [-0.25, -0.2) is 0 Å². The summed E-state index contributed by atoms with van der Waals surface area (Å²) in [7, 11) is 0. The molecule has 1 fully saturated rings. The van der Waals surface area contributed by atoms with Crippen LogP contribution in [0.4, 0.5) is 0 Å². The Hall–Kier alpha value is -0.790. The average molecular weight is 180 g/mol. The Balaban J connectivity index is 2.21. The maximum absolute atomic E-state index is 11.5. The molecule has 2 heteroatoms. The molecule has 0 aromatic carbocycles. The van der Waals surface area contributed by atoms with Gasteiger partial charge in [-0.05, 0) is 24.2 Å². The Morgan fingerprint density at radius 1 is 1.38 bits per heavy atom. The van der Waals surface area contributed by atoms with Crippen LogP contribution in [0.2, 0.25) is 0 Å². The molecule has 2 aliphatic rings. The molecule has 4 atom stereocenters. The van der Waals surface area contributed by atoms with Gasteiger partial charge < -0.3 is 4.74 Å². The Morgan fingerprint density at radius 3 is 2.92 bits per heavy atom. The van der Waals surface area contributed by atoms with Crippen LogP contribution in [0.3, 0.4) is 0 Å². The summed E-state index contributed by atoms with van der Waals surface area (Å²) in [6, 6.07) is 0. The van der Waals surface area contributed by atoms with Gasteiger partial charge in [0.2, 0.25) is 0 Å². The fourth-order valence-corrected chi connectivity index (χ4v) is 2.36. The minimum Gasteiger partial charge on any atom is -0.465 e. The molecule has 0 saturated carbocycles. The van der Waals surface area contributed by atoms with Crippen molar-refractivity contribution in [2.45, 2.75) is 20.3 Å². The second-order valence-corrected chi connectivity index (χ2v) is 4.39. The molecule has 0 aromatic rings. The maximum Gasteiger partial charge on any atom is 0.309 e. The number of allylic oxidation sites excluding steroid dienone is 2. The molecule has 2 rings (SSSR count). The minimum atomic E-state index is 0.0132. The predicted octanol–water partition coefficient (Wildman–Crippen LogP) is 2.01. The van der Waals surface area contributed by atoms with Gasteiger partial charge in [0.05, 0.1) is 12.5 Å². The molecular weight excluding hydrogens is 164 g/mol. The van der Waals surface area contributed by atoms with Crippen LogP contribution in [0.1, 0.15) is 20.3 Å². The number of carbonyl (C=O) groups is 1. The summed E-state index contributed by atoms with van der Waals surface area (Å²) in [5.74, 6) is 1.59. The van der Waals surface area contributed by atoms with Gasteiger partial charge >= 0.3 is 5.97 Å². The highest BCUT2D eigenvalue weighted by molar-refractivity contribution is 5.74. The monoisotopic (exact) mass is 180 g/mol. The lowest BCUT2D eigenvalue weighted by Crippen LogP contribution is -2.39. The molecule has 2 nitrogen and oxygen atoms in total. The molecule has 1 heterocycles. The third kappa shape index (κ3) is 1.50. The second kappa shape index (κ2) is 3.17. The standard InChI is InChI=1S/C11H16O2/c1-7-3-4-9-8(2)6-13-11(12)10(9)5-7/h3-4,7-10H,5-6H2,1-2H3/t7-,8-,9-,10-/m0/s1. The van der Waals surface area contributed by atoms with Crippen molar-refractivity contribution in [3.05, 3.63) is 12.2 Å². The predicted molar refractivity (Wildman–Crippen MR) is 50.0 cm³/mol. The number of ether oxygens (including phenoxy) is 1. The van der Waals surface area contributed by atoms with E-state index in [-0.39, 0.29) is 11.9 Å². The lowest BCUT2D eigenvalue weighted by atomic mass is 9.73. The lowest BCUT2D eigenvalue weighted by Gasteiger charge is -2.36. The number of rotatable bonds is 0. The second-order valence-electron chi connectivity index (χ2n) is 4.39. The molecular formula is C11H16O2. The van der Waals surface area contributed by atoms with Gasteiger partial charge in [0.1, 0.15) is 0 Å². The van der Waals surface area contributed by atoms with Crippen molar-refractivity contribution in [1.29, 1.82) is 0 Å². The van der Waals surface area contributed by atoms with E-state index in [1.165, 1.54) is 0 Å². The molecule has 1 aliphatic heterocycles. The average Bonchev–Trinajstić information content (AvgIpc) is 2.12. The summed E-state index contributed by atoms with van der Waals surface area (Å²) in [5.41, 5.74) is 0. The highest BCUT2D eigenvalue weighted by Crippen LogP contribution is 2.37. The Labute approximate surface area is 79.0 Å². The summed E-state index contributed by atoms with van der Waals surface area (Å²) in [6.07, 6.45) is 5.41. The molecule has 72 valence electrons. The first-order chi connectivity index (χ1) is 6.18. The molecule has 0 radical (unpaired) electrons. The molecule has 1 saturated heterocycles. The van der Waals surface area contributed by atoms with Gasteiger partial charge in [-0.3, -0.25) is 4.79 Å². The van der Waals surface area contributed by atoms with Crippen molar-refractivity contribution in [1.82, 2.24) is 0 Å². The zero-order chi connectivity index (χ0) is 9.42. The van der Waals surface area contributed by atoms with Crippen LogP contribution in [0.25, 0.3) is 0 Å². The SMILES string of the molecule is C[C@H]1C=C[C@@H]2[C@H](C1)C(=O)OC[C@@H]2C. The van der Waals surface area contributed by atoms with E-state index >= 15 is 0 Å². The summed E-state index contributed by atoms with van der Waals surface area (Å²) in [5, 5.41) is 0. The first-order valence-corrected chi connectivity index (χ1v) is 5.03. The van der Waals surface area contributed by atoms with Gasteiger partial charge in [-0.2, -0.15) is 0 Å². The number of hydrogen-bond acceptors (Lipinski definition) is 2. The van der Waals surface area contributed by atoms with Crippen molar-refractivity contribution in [3.8, 4) is 0 Å². The Morgan fingerprint density at radius 2 is 2.15 bits per heavy atom. The van der Waals surface area contributed by atoms with E-state index in [0.717, 1.165) is 6.42 Å². The molecule has 0 N–H and O–H groups in total. The van der Waals surface area contributed by atoms with E-state index < -0.39 is 0 Å². The van der Waals surface area contributed by atoms with Crippen LogP contribution >= 0.6 is 0 Å². The summed E-state index contributed by atoms with van der Waals surface area (Å²) < 4.78 is 5.14. The first-order valence-electron chi connectivity index (χ1n) is 5.03. The van der Waals surface area contributed by atoms with E-state index in [0.29, 0.717) is 24.4 Å². The topological polar surface area (TPSA) is 26.3 Å². The highest BCUT2D eigenvalue weighted by atomic mass is 16.5. The summed E-state index contributed by atoms with van der Waals surface area (Å²) in [4.78, 5) is 11.5. The summed E-state index contributed by atoms with van der Waals surface area (Å²) in [6.45, 7) is 4.91. The van der Waals surface area contributed by atoms with Crippen LogP contribution < -0.4 is 0 Å². The van der Waals surface area contributed by atoms with Gasteiger partial charge in [0.15, 0.2) is 0 Å². The van der Waals surface area contributed by atoms with E-state index in [2.05, 4.69) is 26.0 Å². The van der Waals surface area contributed by atoms with Crippen molar-refractivity contribution in [3.63, 3.8) is 0 Å². The van der Waals surface area contributed by atoms with Crippen LogP contribution in [0.15, 0.2) is 12.2 Å². The number of esters is 1. The van der Waals surface area contributed by atoms with Gasteiger partial charge in [0, 0.05) is 0 Å². The molecule has 0 spiro atoms. The minimum absolute atomic E-state index is 0.0132. The number of hydrogen-bond donors (Lipinski definition) is 0. The van der Waals surface area contributed by atoms with E-state index in [9.17, 15) is 4.79 Å². The third-order valence-electron chi connectivity index (χ3n) is 3.20. The normalized spacial score (nSPS) is 44.0. The van der Waals surface area contributed by atoms with Gasteiger partial charge in [-0.15, -0.1) is 0 Å². The molecule has 13 heavy (non-hydrogen) atoms. The first kappa shape index (κ1) is 8.79. The maximum atomic E-state index is 11.5. The van der Waals surface area contributed by atoms with E-state index in [1.54, 1.807) is 0 Å². The van der Waals surface area contributed by atoms with E-state index in [4.69, 9.17) is 4.74 Å².